The van der Waals surface area contributed by atoms with Crippen molar-refractivity contribution in [2.24, 2.45) is 11.8 Å². The van der Waals surface area contributed by atoms with Crippen LogP contribution in [0.2, 0.25) is 0 Å². The minimum atomic E-state index is -0.283. The van der Waals surface area contributed by atoms with E-state index in [0.717, 1.165) is 0 Å². The van der Waals surface area contributed by atoms with Gasteiger partial charge in [-0.05, 0) is 48.9 Å². The number of hydrogen-bond donors (Lipinski definition) is 2. The Morgan fingerprint density at radius 3 is 2.52 bits per heavy atom. The Kier molecular flexibility index (Phi) is 6.46. The molecule has 0 heterocycles. The second-order valence-corrected chi connectivity index (χ2v) is 7.11. The van der Waals surface area contributed by atoms with Crippen LogP contribution in [0.4, 0.5) is 5.69 Å². The third-order valence-corrected chi connectivity index (χ3v) is 4.88. The van der Waals surface area contributed by atoms with Crippen LogP contribution in [0.5, 0.6) is 0 Å². The summed E-state index contributed by atoms with van der Waals surface area (Å²) in [6, 6.07) is 7.58. The van der Waals surface area contributed by atoms with Crippen molar-refractivity contribution in [1.29, 1.82) is 0 Å². The van der Waals surface area contributed by atoms with E-state index in [-0.39, 0.29) is 12.0 Å². The van der Waals surface area contributed by atoms with E-state index in [2.05, 4.69) is 26.1 Å². The third-order valence-electron chi connectivity index (χ3n) is 4.88. The number of hydrogen-bond acceptors (Lipinski definition) is 4. The maximum atomic E-state index is 12.1. The highest BCUT2D eigenvalue weighted by Gasteiger charge is 2.26. The van der Waals surface area contributed by atoms with Crippen molar-refractivity contribution in [3.05, 3.63) is 29.8 Å². The Morgan fingerprint density at radius 2 is 1.91 bits per heavy atom. The van der Waals surface area contributed by atoms with Gasteiger partial charge in [0.2, 0.25) is 0 Å². The van der Waals surface area contributed by atoms with Gasteiger partial charge in [-0.15, -0.1) is 0 Å². The zero-order valence-corrected chi connectivity index (χ0v) is 14.5. The number of carbonyl (C=O) groups excluding carboxylic acids is 1. The third kappa shape index (κ3) is 5.24. The highest BCUT2D eigenvalue weighted by Crippen LogP contribution is 2.24. The number of anilines is 1. The molecule has 1 fully saturated rings. The molecule has 0 unspecified atom stereocenters. The molecule has 4 heteroatoms. The lowest BCUT2D eigenvalue weighted by Crippen LogP contribution is -2.48. The first-order valence-corrected chi connectivity index (χ1v) is 8.76. The molecule has 128 valence electrons. The average Bonchev–Trinajstić information content (AvgIpc) is 2.53. The Balaban J connectivity index is 1.89. The Bertz CT molecular complexity index is 499. The zero-order chi connectivity index (χ0) is 16.8. The minimum absolute atomic E-state index is 0.193. The molecular formula is C19H30N2O2. The predicted molar refractivity (Wildman–Crippen MR) is 94.3 cm³/mol. The van der Waals surface area contributed by atoms with Gasteiger partial charge >= 0.3 is 5.97 Å². The molecule has 1 aliphatic carbocycles. The van der Waals surface area contributed by atoms with Gasteiger partial charge in [0.1, 0.15) is 6.61 Å². The molecule has 1 aromatic carbocycles. The van der Waals surface area contributed by atoms with Crippen LogP contribution in [0.25, 0.3) is 0 Å². The molecule has 0 bridgehead atoms. The molecule has 0 aromatic heterocycles. The molecule has 2 rings (SSSR count). The van der Waals surface area contributed by atoms with Crippen molar-refractivity contribution in [2.45, 2.75) is 58.5 Å². The van der Waals surface area contributed by atoms with Crippen LogP contribution in [0, 0.1) is 11.8 Å². The smallest absolute Gasteiger partial charge is 0.338 e. The second kappa shape index (κ2) is 8.34. The van der Waals surface area contributed by atoms with Crippen LogP contribution in [0.3, 0.4) is 0 Å². The summed E-state index contributed by atoms with van der Waals surface area (Å²) >= 11 is 0. The number of nitrogens with one attached hydrogen (secondary N) is 1. The Morgan fingerprint density at radius 1 is 1.26 bits per heavy atom. The van der Waals surface area contributed by atoms with E-state index < -0.39 is 0 Å². The molecule has 23 heavy (non-hydrogen) atoms. The summed E-state index contributed by atoms with van der Waals surface area (Å²) in [7, 11) is 0. The molecule has 1 aromatic rings. The molecule has 0 aliphatic heterocycles. The van der Waals surface area contributed by atoms with E-state index in [1.54, 1.807) is 24.3 Å². The van der Waals surface area contributed by atoms with Crippen LogP contribution in [0.15, 0.2) is 24.3 Å². The van der Waals surface area contributed by atoms with Gasteiger partial charge < -0.3 is 15.8 Å². The molecule has 3 atom stereocenters. The molecule has 0 amide bonds. The number of rotatable bonds is 6. The van der Waals surface area contributed by atoms with Crippen LogP contribution >= 0.6 is 0 Å². The van der Waals surface area contributed by atoms with Crippen molar-refractivity contribution in [2.75, 3.05) is 12.3 Å². The van der Waals surface area contributed by atoms with E-state index in [1.807, 2.05) is 0 Å². The zero-order valence-electron chi connectivity index (χ0n) is 14.5. The largest absolute Gasteiger partial charge is 0.460 e. The first kappa shape index (κ1) is 17.8. The van der Waals surface area contributed by atoms with Gasteiger partial charge in [-0.2, -0.15) is 0 Å². The fourth-order valence-electron chi connectivity index (χ4n) is 3.14. The van der Waals surface area contributed by atoms with Crippen molar-refractivity contribution in [1.82, 2.24) is 5.32 Å². The fourth-order valence-corrected chi connectivity index (χ4v) is 3.14. The summed E-state index contributed by atoms with van der Waals surface area (Å²) in [5, 5.41) is 3.72. The lowest BCUT2D eigenvalue weighted by Gasteiger charge is -2.34. The molecule has 1 saturated carbocycles. The quantitative estimate of drug-likeness (QED) is 0.621. The number of ether oxygens (including phenoxy) is 1. The SMILES string of the molecule is CC(C)[C@H](COC(=O)c1ccc(N)cc1)N[C@H]1CCCC[C@H]1C. The van der Waals surface area contributed by atoms with E-state index in [9.17, 15) is 4.79 Å². The summed E-state index contributed by atoms with van der Waals surface area (Å²) in [6.45, 7) is 7.06. The van der Waals surface area contributed by atoms with Gasteiger partial charge in [0.25, 0.3) is 0 Å². The molecule has 0 radical (unpaired) electrons. The van der Waals surface area contributed by atoms with Crippen molar-refractivity contribution >= 4 is 11.7 Å². The van der Waals surface area contributed by atoms with Gasteiger partial charge in [0, 0.05) is 17.8 Å². The predicted octanol–water partition coefficient (Wildman–Crippen LogP) is 3.62. The van der Waals surface area contributed by atoms with E-state index in [0.29, 0.717) is 35.7 Å². The van der Waals surface area contributed by atoms with E-state index in [4.69, 9.17) is 10.5 Å². The summed E-state index contributed by atoms with van der Waals surface area (Å²) in [5.41, 5.74) is 6.84. The number of benzene rings is 1. The summed E-state index contributed by atoms with van der Waals surface area (Å²) in [4.78, 5) is 12.1. The minimum Gasteiger partial charge on any atom is -0.460 e. The van der Waals surface area contributed by atoms with E-state index in [1.165, 1.54) is 25.7 Å². The van der Waals surface area contributed by atoms with Crippen LogP contribution in [-0.4, -0.2) is 24.7 Å². The maximum Gasteiger partial charge on any atom is 0.338 e. The normalized spacial score (nSPS) is 22.8. The van der Waals surface area contributed by atoms with Crippen LogP contribution < -0.4 is 11.1 Å². The molecule has 3 N–H and O–H groups in total. The first-order chi connectivity index (χ1) is 11.0. The number of nitrogen functional groups attached to an aromatic ring is 1. The Hall–Kier alpha value is -1.55. The molecule has 0 spiro atoms. The summed E-state index contributed by atoms with van der Waals surface area (Å²) < 4.78 is 5.53. The molecular weight excluding hydrogens is 288 g/mol. The second-order valence-electron chi connectivity index (χ2n) is 7.11. The maximum absolute atomic E-state index is 12.1. The lowest BCUT2D eigenvalue weighted by molar-refractivity contribution is 0.0421. The number of esters is 1. The summed E-state index contributed by atoms with van der Waals surface area (Å²) in [5.74, 6) is 0.829. The van der Waals surface area contributed by atoms with E-state index >= 15 is 0 Å². The van der Waals surface area contributed by atoms with Crippen LogP contribution in [-0.2, 0) is 4.74 Å². The lowest BCUT2D eigenvalue weighted by atomic mass is 9.85. The monoisotopic (exact) mass is 318 g/mol. The number of carbonyl (C=O) groups is 1. The fraction of sp³-hybridized carbons (Fsp3) is 0.632. The van der Waals surface area contributed by atoms with Crippen LogP contribution in [0.1, 0.15) is 56.8 Å². The van der Waals surface area contributed by atoms with Crippen molar-refractivity contribution in [3.8, 4) is 0 Å². The van der Waals surface area contributed by atoms with Gasteiger partial charge in [0.05, 0.1) is 5.56 Å². The first-order valence-electron chi connectivity index (χ1n) is 8.76. The summed E-state index contributed by atoms with van der Waals surface area (Å²) in [6.07, 6.45) is 5.12. The van der Waals surface area contributed by atoms with Gasteiger partial charge in [-0.25, -0.2) is 4.79 Å². The highest BCUT2D eigenvalue weighted by atomic mass is 16.5. The van der Waals surface area contributed by atoms with Crippen molar-refractivity contribution in [3.63, 3.8) is 0 Å². The standard InChI is InChI=1S/C19H30N2O2/c1-13(2)18(21-17-7-5-4-6-14(17)3)12-23-19(22)15-8-10-16(20)11-9-15/h8-11,13-14,17-18,21H,4-7,12,20H2,1-3H3/t14-,17+,18+/m1/s1. The topological polar surface area (TPSA) is 64.3 Å². The molecule has 4 nitrogen and oxygen atoms in total. The van der Waals surface area contributed by atoms with Crippen molar-refractivity contribution < 1.29 is 9.53 Å². The number of nitrogens with two attached hydrogens (primary N) is 1. The molecule has 1 aliphatic rings. The highest BCUT2D eigenvalue weighted by molar-refractivity contribution is 5.89. The van der Waals surface area contributed by atoms with Gasteiger partial charge in [0.15, 0.2) is 0 Å². The van der Waals surface area contributed by atoms with Gasteiger partial charge in [-0.3, -0.25) is 0 Å². The molecule has 0 saturated heterocycles. The Labute approximate surface area is 139 Å². The average molecular weight is 318 g/mol. The van der Waals surface area contributed by atoms with Gasteiger partial charge in [-0.1, -0.05) is 33.6 Å².